The number of amides is 3. The molecule has 0 unspecified atom stereocenters. The summed E-state index contributed by atoms with van der Waals surface area (Å²) in [7, 11) is 0. The van der Waals surface area contributed by atoms with E-state index in [1.807, 2.05) is 11.0 Å². The molecule has 1 heterocycles. The monoisotopic (exact) mass is 314 g/mol. The Balaban J connectivity index is 1.75. The maximum absolute atomic E-state index is 11.9. The Labute approximate surface area is 136 Å². The first-order chi connectivity index (χ1) is 11.1. The molecule has 0 aromatic heterocycles. The van der Waals surface area contributed by atoms with Crippen LogP contribution in [-0.2, 0) is 4.79 Å². The van der Waals surface area contributed by atoms with Crippen LogP contribution in [0.5, 0.6) is 0 Å². The van der Waals surface area contributed by atoms with Crippen LogP contribution in [0.3, 0.4) is 0 Å². The Kier molecular flexibility index (Phi) is 5.98. The molecule has 1 aliphatic heterocycles. The molecule has 2 rings (SSSR count). The Morgan fingerprint density at radius 2 is 2.13 bits per heavy atom. The van der Waals surface area contributed by atoms with Crippen molar-refractivity contribution in [2.24, 2.45) is 0 Å². The van der Waals surface area contributed by atoms with Gasteiger partial charge in [-0.2, -0.15) is 5.26 Å². The molecule has 23 heavy (non-hydrogen) atoms. The van der Waals surface area contributed by atoms with Crippen molar-refractivity contribution in [2.75, 3.05) is 18.4 Å². The molecular weight excluding hydrogens is 292 g/mol. The lowest BCUT2D eigenvalue weighted by Gasteiger charge is -2.26. The first kappa shape index (κ1) is 16.8. The normalized spacial score (nSPS) is 15.1. The minimum atomic E-state index is -0.280. The van der Waals surface area contributed by atoms with E-state index in [1.165, 1.54) is 0 Å². The molecule has 1 aromatic carbocycles. The molecule has 3 amide bonds. The van der Waals surface area contributed by atoms with E-state index in [4.69, 9.17) is 5.26 Å². The first-order valence-corrected chi connectivity index (χ1v) is 7.98. The second-order valence-electron chi connectivity index (χ2n) is 5.61. The molecule has 0 saturated carbocycles. The predicted octanol–water partition coefficient (Wildman–Crippen LogP) is 2.47. The van der Waals surface area contributed by atoms with Crippen LogP contribution in [-0.4, -0.2) is 36.0 Å². The summed E-state index contributed by atoms with van der Waals surface area (Å²) in [5, 5.41) is 14.3. The molecule has 122 valence electrons. The summed E-state index contributed by atoms with van der Waals surface area (Å²) in [5.74, 6) is 0.221. The van der Waals surface area contributed by atoms with Crippen molar-refractivity contribution in [1.82, 2.24) is 10.2 Å². The molecule has 0 radical (unpaired) electrons. The predicted molar refractivity (Wildman–Crippen MR) is 87.8 cm³/mol. The topological polar surface area (TPSA) is 85.2 Å². The smallest absolute Gasteiger partial charge is 0.319 e. The number of likely N-dealkylation sites (tertiary alicyclic amines) is 1. The zero-order valence-corrected chi connectivity index (χ0v) is 13.3. The number of nitrogens with one attached hydrogen (secondary N) is 2. The van der Waals surface area contributed by atoms with E-state index in [0.29, 0.717) is 24.2 Å². The first-order valence-electron chi connectivity index (χ1n) is 7.98. The summed E-state index contributed by atoms with van der Waals surface area (Å²) in [6.07, 6.45) is 3.22. The summed E-state index contributed by atoms with van der Waals surface area (Å²) in [4.78, 5) is 25.6. The van der Waals surface area contributed by atoms with Gasteiger partial charge in [0.15, 0.2) is 0 Å². The molecule has 6 nitrogen and oxygen atoms in total. The van der Waals surface area contributed by atoms with Crippen molar-refractivity contribution >= 4 is 17.6 Å². The number of hydrogen-bond donors (Lipinski definition) is 2. The van der Waals surface area contributed by atoms with E-state index < -0.39 is 0 Å². The lowest BCUT2D eigenvalue weighted by atomic mass is 10.1. The molecule has 1 fully saturated rings. The molecule has 1 saturated heterocycles. The third kappa shape index (κ3) is 4.71. The van der Waals surface area contributed by atoms with Crippen LogP contribution in [0.25, 0.3) is 0 Å². The van der Waals surface area contributed by atoms with Crippen LogP contribution >= 0.6 is 0 Å². The van der Waals surface area contributed by atoms with Crippen molar-refractivity contribution in [2.45, 2.75) is 38.6 Å². The highest BCUT2D eigenvalue weighted by Crippen LogP contribution is 2.17. The molecule has 6 heteroatoms. The van der Waals surface area contributed by atoms with E-state index in [1.54, 1.807) is 24.3 Å². The zero-order chi connectivity index (χ0) is 16.7. The van der Waals surface area contributed by atoms with Gasteiger partial charge < -0.3 is 15.5 Å². The van der Waals surface area contributed by atoms with E-state index in [0.717, 1.165) is 25.8 Å². The average Bonchev–Trinajstić information content (AvgIpc) is 2.98. The van der Waals surface area contributed by atoms with Gasteiger partial charge in [0.2, 0.25) is 5.91 Å². The molecular formula is C17H22N4O2. The number of hydrogen-bond acceptors (Lipinski definition) is 3. The Hall–Kier alpha value is -2.55. The summed E-state index contributed by atoms with van der Waals surface area (Å²) < 4.78 is 0. The number of anilines is 1. The van der Waals surface area contributed by atoms with Crippen LogP contribution in [0, 0.1) is 11.3 Å². The summed E-state index contributed by atoms with van der Waals surface area (Å²) in [6, 6.07) is 8.63. The SMILES string of the molecule is CC[C@H](CCNC(=O)Nc1ccc(C#N)cc1)N1CCCC1=O. The van der Waals surface area contributed by atoms with Crippen molar-refractivity contribution in [3.63, 3.8) is 0 Å². The number of nitriles is 1. The maximum atomic E-state index is 11.9. The zero-order valence-electron chi connectivity index (χ0n) is 13.3. The van der Waals surface area contributed by atoms with Crippen molar-refractivity contribution in [3.05, 3.63) is 29.8 Å². The van der Waals surface area contributed by atoms with Gasteiger partial charge in [-0.1, -0.05) is 6.92 Å². The number of urea groups is 1. The van der Waals surface area contributed by atoms with Crippen LogP contribution in [0.1, 0.15) is 38.2 Å². The van der Waals surface area contributed by atoms with Crippen LogP contribution in [0.4, 0.5) is 10.5 Å². The van der Waals surface area contributed by atoms with Gasteiger partial charge in [0, 0.05) is 31.2 Å². The average molecular weight is 314 g/mol. The van der Waals surface area contributed by atoms with Crippen molar-refractivity contribution in [3.8, 4) is 6.07 Å². The summed E-state index contributed by atoms with van der Waals surface area (Å²) in [6.45, 7) is 3.41. The third-order valence-corrected chi connectivity index (χ3v) is 4.06. The van der Waals surface area contributed by atoms with Gasteiger partial charge in [-0.25, -0.2) is 4.79 Å². The van der Waals surface area contributed by atoms with E-state index in [9.17, 15) is 9.59 Å². The Morgan fingerprint density at radius 3 is 2.70 bits per heavy atom. The Bertz CT molecular complexity index is 592. The number of carbonyl (C=O) groups excluding carboxylic acids is 2. The highest BCUT2D eigenvalue weighted by Gasteiger charge is 2.26. The molecule has 1 aromatic rings. The highest BCUT2D eigenvalue weighted by molar-refractivity contribution is 5.89. The maximum Gasteiger partial charge on any atom is 0.319 e. The third-order valence-electron chi connectivity index (χ3n) is 4.06. The van der Waals surface area contributed by atoms with Gasteiger partial charge in [0.1, 0.15) is 0 Å². The molecule has 2 N–H and O–H groups in total. The molecule has 1 aliphatic rings. The lowest BCUT2D eigenvalue weighted by molar-refractivity contribution is -0.129. The second-order valence-corrected chi connectivity index (χ2v) is 5.61. The number of benzene rings is 1. The fourth-order valence-corrected chi connectivity index (χ4v) is 2.79. The molecule has 0 aliphatic carbocycles. The fraction of sp³-hybridized carbons (Fsp3) is 0.471. The van der Waals surface area contributed by atoms with Crippen LogP contribution in [0.2, 0.25) is 0 Å². The quantitative estimate of drug-likeness (QED) is 0.846. The minimum Gasteiger partial charge on any atom is -0.340 e. The fourth-order valence-electron chi connectivity index (χ4n) is 2.79. The summed E-state index contributed by atoms with van der Waals surface area (Å²) in [5.41, 5.74) is 1.19. The molecule has 0 spiro atoms. The van der Waals surface area contributed by atoms with Crippen molar-refractivity contribution < 1.29 is 9.59 Å². The number of nitrogens with zero attached hydrogens (tertiary/aromatic N) is 2. The number of rotatable bonds is 6. The Morgan fingerprint density at radius 1 is 1.39 bits per heavy atom. The van der Waals surface area contributed by atoms with Gasteiger partial charge >= 0.3 is 6.03 Å². The number of carbonyl (C=O) groups is 2. The van der Waals surface area contributed by atoms with Gasteiger partial charge in [0.25, 0.3) is 0 Å². The lowest BCUT2D eigenvalue weighted by Crippen LogP contribution is -2.39. The van der Waals surface area contributed by atoms with Crippen LogP contribution in [0.15, 0.2) is 24.3 Å². The standard InChI is InChI=1S/C17H22N4O2/c1-2-15(21-11-3-4-16(21)22)9-10-19-17(23)20-14-7-5-13(12-18)6-8-14/h5-8,15H,2-4,9-11H2,1H3,(H2,19,20,23)/t15-/m1/s1. The van der Waals surface area contributed by atoms with Gasteiger partial charge in [-0.05, 0) is 43.5 Å². The van der Waals surface area contributed by atoms with Gasteiger partial charge in [-0.15, -0.1) is 0 Å². The van der Waals surface area contributed by atoms with Crippen LogP contribution < -0.4 is 10.6 Å². The highest BCUT2D eigenvalue weighted by atomic mass is 16.2. The van der Waals surface area contributed by atoms with Gasteiger partial charge in [-0.3, -0.25) is 4.79 Å². The van der Waals surface area contributed by atoms with E-state index in [-0.39, 0.29) is 18.0 Å². The molecule has 0 bridgehead atoms. The second kappa shape index (κ2) is 8.18. The molecule has 1 atom stereocenters. The summed E-state index contributed by atoms with van der Waals surface area (Å²) >= 11 is 0. The minimum absolute atomic E-state index is 0.195. The van der Waals surface area contributed by atoms with Crippen molar-refractivity contribution in [1.29, 1.82) is 5.26 Å². The van der Waals surface area contributed by atoms with E-state index in [2.05, 4.69) is 17.6 Å². The van der Waals surface area contributed by atoms with E-state index >= 15 is 0 Å². The largest absolute Gasteiger partial charge is 0.340 e. The van der Waals surface area contributed by atoms with Gasteiger partial charge in [0.05, 0.1) is 11.6 Å².